The Morgan fingerprint density at radius 2 is 2.35 bits per heavy atom. The Morgan fingerprint density at radius 3 is 2.90 bits per heavy atom. The Bertz CT molecular complexity index is 402. The summed E-state index contributed by atoms with van der Waals surface area (Å²) in [7, 11) is 0. The van der Waals surface area contributed by atoms with Crippen LogP contribution in [0.3, 0.4) is 0 Å². The van der Waals surface area contributed by atoms with Crippen LogP contribution in [0.4, 0.5) is 0 Å². The van der Waals surface area contributed by atoms with E-state index in [1.54, 1.807) is 0 Å². The standard InChI is InChI=1S/C12H22N4OS3/c1-4-20-12(2,3)8-10(19-9-18)11(17)14-6-5-7-15-16-13/h10,19H,4-8H2,1-3H3,(H,14,17). The largest absolute Gasteiger partial charge is 0.355 e. The molecule has 0 heterocycles. The van der Waals surface area contributed by atoms with Crippen molar-refractivity contribution in [1.82, 2.24) is 5.32 Å². The molecule has 0 aliphatic heterocycles. The van der Waals surface area contributed by atoms with E-state index in [0.717, 1.165) is 23.5 Å². The number of carbonyl (C=O) groups excluding carboxylic acids is 1. The van der Waals surface area contributed by atoms with Crippen LogP contribution in [0.1, 0.15) is 33.6 Å². The average Bonchev–Trinajstić information content (AvgIpc) is 2.37. The van der Waals surface area contributed by atoms with Crippen molar-refractivity contribution in [3.05, 3.63) is 10.4 Å². The Balaban J connectivity index is 4.40. The van der Waals surface area contributed by atoms with Gasteiger partial charge in [0.1, 0.15) is 0 Å². The Morgan fingerprint density at radius 1 is 1.65 bits per heavy atom. The third kappa shape index (κ3) is 9.39. The summed E-state index contributed by atoms with van der Waals surface area (Å²) in [4.78, 5) is 14.8. The minimum absolute atomic E-state index is 0.00488. The van der Waals surface area contributed by atoms with Gasteiger partial charge in [-0.2, -0.15) is 11.8 Å². The molecule has 1 atom stereocenters. The lowest BCUT2D eigenvalue weighted by Gasteiger charge is -2.26. The first-order chi connectivity index (χ1) is 9.46. The maximum atomic E-state index is 12.1. The second-order valence-electron chi connectivity index (χ2n) is 4.73. The molecule has 114 valence electrons. The number of nitrogens with zero attached hydrogens (tertiary/aromatic N) is 3. The molecule has 0 saturated carbocycles. The molecule has 1 unspecified atom stereocenters. The quantitative estimate of drug-likeness (QED) is 0.160. The van der Waals surface area contributed by atoms with Crippen molar-refractivity contribution in [3.8, 4) is 0 Å². The molecule has 0 aromatic carbocycles. The van der Waals surface area contributed by atoms with E-state index >= 15 is 0 Å². The minimum atomic E-state index is -0.166. The SMILES string of the molecule is CCSC(C)(C)CC([SH]=C=S)C(=O)NCCCN=[N+]=[N-]. The molecule has 0 fully saturated rings. The van der Waals surface area contributed by atoms with E-state index < -0.39 is 0 Å². The van der Waals surface area contributed by atoms with Crippen LogP contribution >= 0.6 is 35.3 Å². The van der Waals surface area contributed by atoms with Gasteiger partial charge in [0.15, 0.2) is 0 Å². The number of rotatable bonds is 10. The Hall–Kier alpha value is -0.520. The molecule has 0 aromatic heterocycles. The summed E-state index contributed by atoms with van der Waals surface area (Å²) in [6.45, 7) is 7.31. The van der Waals surface area contributed by atoms with Gasteiger partial charge in [0.2, 0.25) is 5.91 Å². The van der Waals surface area contributed by atoms with Crippen molar-refractivity contribution in [2.45, 2.75) is 43.6 Å². The van der Waals surface area contributed by atoms with Crippen LogP contribution < -0.4 is 5.32 Å². The van der Waals surface area contributed by atoms with Gasteiger partial charge in [0.05, 0.1) is 5.25 Å². The number of nitrogens with one attached hydrogen (secondary N) is 1. The summed E-state index contributed by atoms with van der Waals surface area (Å²) < 4.78 is 2.69. The first kappa shape index (κ1) is 19.5. The summed E-state index contributed by atoms with van der Waals surface area (Å²) in [6.07, 6.45) is 1.41. The van der Waals surface area contributed by atoms with Crippen LogP contribution in [-0.4, -0.2) is 39.1 Å². The third-order valence-corrected chi connectivity index (χ3v) is 4.92. The van der Waals surface area contributed by atoms with Gasteiger partial charge in [-0.15, -0.1) is 11.4 Å². The lowest BCUT2D eigenvalue weighted by atomic mass is 10.1. The van der Waals surface area contributed by atoms with Crippen molar-refractivity contribution >= 4 is 45.6 Å². The molecule has 0 aliphatic carbocycles. The molecular weight excluding hydrogens is 312 g/mol. The van der Waals surface area contributed by atoms with Gasteiger partial charge in [-0.25, -0.2) is 0 Å². The van der Waals surface area contributed by atoms with Crippen LogP contribution in [-0.2, 0) is 4.79 Å². The van der Waals surface area contributed by atoms with Gasteiger partial charge >= 0.3 is 0 Å². The lowest BCUT2D eigenvalue weighted by molar-refractivity contribution is -0.120. The normalized spacial score (nSPS) is 12.2. The topological polar surface area (TPSA) is 77.9 Å². The van der Waals surface area contributed by atoms with Gasteiger partial charge in [0, 0.05) is 22.7 Å². The molecule has 0 rings (SSSR count). The number of carbonyl (C=O) groups is 1. The fourth-order valence-electron chi connectivity index (χ4n) is 1.70. The van der Waals surface area contributed by atoms with Crippen LogP contribution in [0.25, 0.3) is 10.4 Å². The summed E-state index contributed by atoms with van der Waals surface area (Å²) in [5.41, 5.74) is 8.16. The van der Waals surface area contributed by atoms with Crippen molar-refractivity contribution in [2.24, 2.45) is 5.11 Å². The zero-order chi connectivity index (χ0) is 15.4. The first-order valence-corrected chi connectivity index (χ1v) is 8.82. The number of hydrogen-bond acceptors (Lipinski definition) is 4. The molecular formula is C12H22N4OS3. The number of thioether (sulfide) groups is 1. The van der Waals surface area contributed by atoms with Crippen LogP contribution in [0.5, 0.6) is 0 Å². The number of thiocarbonyl (C=S) groups is 1. The molecule has 20 heavy (non-hydrogen) atoms. The summed E-state index contributed by atoms with van der Waals surface area (Å²) in [5, 5.41) is 6.13. The summed E-state index contributed by atoms with van der Waals surface area (Å²) >= 11 is 7.35. The van der Waals surface area contributed by atoms with Gasteiger partial charge < -0.3 is 5.32 Å². The fraction of sp³-hybridized carbons (Fsp3) is 0.833. The van der Waals surface area contributed by atoms with Gasteiger partial charge in [-0.1, -0.05) is 25.9 Å². The monoisotopic (exact) mass is 334 g/mol. The number of thiol groups is 1. The van der Waals surface area contributed by atoms with E-state index in [1.165, 1.54) is 0 Å². The maximum Gasteiger partial charge on any atom is 0.233 e. The van der Waals surface area contributed by atoms with E-state index in [1.807, 2.05) is 11.8 Å². The highest BCUT2D eigenvalue weighted by Gasteiger charge is 2.26. The van der Waals surface area contributed by atoms with Crippen LogP contribution in [0.2, 0.25) is 0 Å². The van der Waals surface area contributed by atoms with E-state index in [4.69, 9.17) is 17.7 Å². The highest BCUT2D eigenvalue weighted by atomic mass is 32.2. The second kappa shape index (κ2) is 11.2. The Kier molecular flexibility index (Phi) is 10.9. The van der Waals surface area contributed by atoms with Crippen molar-refractivity contribution in [1.29, 1.82) is 0 Å². The minimum Gasteiger partial charge on any atom is -0.355 e. The van der Waals surface area contributed by atoms with Gasteiger partial charge in [-0.05, 0) is 40.7 Å². The predicted molar refractivity (Wildman–Crippen MR) is 93.8 cm³/mol. The molecule has 1 N–H and O–H groups in total. The zero-order valence-corrected chi connectivity index (χ0v) is 14.7. The van der Waals surface area contributed by atoms with Crippen molar-refractivity contribution in [3.63, 3.8) is 0 Å². The van der Waals surface area contributed by atoms with E-state index in [2.05, 4.69) is 40.4 Å². The number of amides is 1. The molecule has 0 radical (unpaired) electrons. The first-order valence-electron chi connectivity index (χ1n) is 6.46. The van der Waals surface area contributed by atoms with E-state index in [9.17, 15) is 4.79 Å². The third-order valence-electron chi connectivity index (χ3n) is 2.53. The van der Waals surface area contributed by atoms with Gasteiger partial charge in [0.25, 0.3) is 0 Å². The molecule has 0 aliphatic rings. The Labute approximate surface area is 133 Å². The summed E-state index contributed by atoms with van der Waals surface area (Å²) in [5.74, 6) is 1.01. The molecule has 0 spiro atoms. The smallest absolute Gasteiger partial charge is 0.233 e. The summed E-state index contributed by atoms with van der Waals surface area (Å²) in [6, 6.07) is 0. The second-order valence-corrected chi connectivity index (χ2v) is 8.32. The van der Waals surface area contributed by atoms with Crippen molar-refractivity contribution in [2.75, 3.05) is 18.8 Å². The van der Waals surface area contributed by atoms with E-state index in [-0.39, 0.29) is 15.9 Å². The molecule has 8 heteroatoms. The lowest BCUT2D eigenvalue weighted by Crippen LogP contribution is -2.36. The highest BCUT2D eigenvalue weighted by molar-refractivity contribution is 8.06. The highest BCUT2D eigenvalue weighted by Crippen LogP contribution is 2.31. The van der Waals surface area contributed by atoms with E-state index in [0.29, 0.717) is 19.5 Å². The van der Waals surface area contributed by atoms with Crippen LogP contribution in [0.15, 0.2) is 5.11 Å². The van der Waals surface area contributed by atoms with Crippen LogP contribution in [0, 0.1) is 0 Å². The molecule has 0 bridgehead atoms. The maximum absolute atomic E-state index is 12.1. The molecule has 1 amide bonds. The van der Waals surface area contributed by atoms with Gasteiger partial charge in [-0.3, -0.25) is 4.79 Å². The average molecular weight is 335 g/mol. The predicted octanol–water partition coefficient (Wildman–Crippen LogP) is 3.39. The molecule has 0 aromatic rings. The van der Waals surface area contributed by atoms with Crippen molar-refractivity contribution < 1.29 is 4.79 Å². The fourth-order valence-corrected chi connectivity index (χ4v) is 4.15. The molecule has 0 saturated heterocycles. The molecule has 5 nitrogen and oxygen atoms in total. The zero-order valence-electron chi connectivity index (χ0n) is 12.1. The number of azide groups is 1. The number of hydrogen-bond donors (Lipinski definition) is 2.